The first-order valence-electron chi connectivity index (χ1n) is 5.68. The summed E-state index contributed by atoms with van der Waals surface area (Å²) < 4.78 is 5.96. The molecule has 0 heterocycles. The molecule has 104 valence electrons. The van der Waals surface area contributed by atoms with Crippen molar-refractivity contribution in [3.8, 4) is 5.75 Å². The SMILES string of the molecule is COc1cc(Br)ccc1C(=O)N(C)CC(C)C(=O)O. The van der Waals surface area contributed by atoms with Gasteiger partial charge in [0.2, 0.25) is 0 Å². The van der Waals surface area contributed by atoms with E-state index in [0.717, 1.165) is 4.47 Å². The smallest absolute Gasteiger partial charge is 0.308 e. The van der Waals surface area contributed by atoms with Crippen LogP contribution in [0, 0.1) is 5.92 Å². The highest BCUT2D eigenvalue weighted by atomic mass is 79.9. The van der Waals surface area contributed by atoms with Crippen LogP contribution >= 0.6 is 15.9 Å². The Morgan fingerprint density at radius 2 is 2.11 bits per heavy atom. The van der Waals surface area contributed by atoms with Gasteiger partial charge in [0.15, 0.2) is 0 Å². The zero-order valence-electron chi connectivity index (χ0n) is 11.0. The lowest BCUT2D eigenvalue weighted by atomic mass is 10.1. The first-order valence-corrected chi connectivity index (χ1v) is 6.48. The number of ether oxygens (including phenoxy) is 1. The van der Waals surface area contributed by atoms with E-state index in [1.807, 2.05) is 0 Å². The second-order valence-electron chi connectivity index (χ2n) is 4.27. The van der Waals surface area contributed by atoms with Crippen molar-refractivity contribution in [1.29, 1.82) is 0 Å². The van der Waals surface area contributed by atoms with Gasteiger partial charge >= 0.3 is 5.97 Å². The van der Waals surface area contributed by atoms with Crippen molar-refractivity contribution < 1.29 is 19.4 Å². The molecule has 0 saturated heterocycles. The standard InChI is InChI=1S/C13H16BrNO4/c1-8(13(17)18)7-15(2)12(16)10-5-4-9(14)6-11(10)19-3/h4-6,8H,7H2,1-3H3,(H,17,18). The van der Waals surface area contributed by atoms with Gasteiger partial charge in [-0.25, -0.2) is 0 Å². The fraction of sp³-hybridized carbons (Fsp3) is 0.385. The van der Waals surface area contributed by atoms with Crippen LogP contribution in [0.5, 0.6) is 5.75 Å². The molecule has 0 aliphatic heterocycles. The number of aliphatic carboxylic acids is 1. The molecule has 1 aromatic carbocycles. The van der Waals surface area contributed by atoms with Crippen molar-refractivity contribution in [1.82, 2.24) is 4.90 Å². The quantitative estimate of drug-likeness (QED) is 0.899. The summed E-state index contributed by atoms with van der Waals surface area (Å²) >= 11 is 3.30. The first-order chi connectivity index (χ1) is 8.86. The van der Waals surface area contributed by atoms with Gasteiger partial charge in [-0.15, -0.1) is 0 Å². The molecule has 1 N–H and O–H groups in total. The molecule has 1 aromatic rings. The van der Waals surface area contributed by atoms with E-state index in [9.17, 15) is 9.59 Å². The molecule has 0 aromatic heterocycles. The van der Waals surface area contributed by atoms with Crippen molar-refractivity contribution in [3.63, 3.8) is 0 Å². The molecule has 0 aliphatic rings. The number of rotatable bonds is 5. The third kappa shape index (κ3) is 3.96. The van der Waals surface area contributed by atoms with E-state index in [1.54, 1.807) is 32.2 Å². The normalized spacial score (nSPS) is 11.8. The van der Waals surface area contributed by atoms with Gasteiger partial charge in [0.05, 0.1) is 18.6 Å². The molecule has 5 nitrogen and oxygen atoms in total. The second-order valence-corrected chi connectivity index (χ2v) is 5.19. The van der Waals surface area contributed by atoms with E-state index in [1.165, 1.54) is 12.0 Å². The van der Waals surface area contributed by atoms with Crippen LogP contribution in [0.25, 0.3) is 0 Å². The van der Waals surface area contributed by atoms with Gasteiger partial charge in [-0.2, -0.15) is 0 Å². The summed E-state index contributed by atoms with van der Waals surface area (Å²) in [5, 5.41) is 8.85. The van der Waals surface area contributed by atoms with Crippen LogP contribution in [0.15, 0.2) is 22.7 Å². The Morgan fingerprint density at radius 1 is 1.47 bits per heavy atom. The van der Waals surface area contributed by atoms with Crippen molar-refractivity contribution in [3.05, 3.63) is 28.2 Å². The Hall–Kier alpha value is -1.56. The molecule has 19 heavy (non-hydrogen) atoms. The minimum absolute atomic E-state index is 0.146. The number of carboxylic acid groups (broad SMARTS) is 1. The Kier molecular flexibility index (Phi) is 5.35. The molecule has 6 heteroatoms. The summed E-state index contributed by atoms with van der Waals surface area (Å²) in [5.74, 6) is -1.36. The minimum Gasteiger partial charge on any atom is -0.496 e. The molecule has 1 rings (SSSR count). The number of carbonyl (C=O) groups excluding carboxylic acids is 1. The van der Waals surface area contributed by atoms with E-state index in [2.05, 4.69) is 15.9 Å². The number of carbonyl (C=O) groups is 2. The number of hydrogen-bond acceptors (Lipinski definition) is 3. The predicted octanol–water partition coefficient (Wildman–Crippen LogP) is 2.25. The molecule has 1 unspecified atom stereocenters. The Balaban J connectivity index is 2.91. The maximum Gasteiger partial charge on any atom is 0.308 e. The van der Waals surface area contributed by atoms with Crippen LogP contribution in [0.3, 0.4) is 0 Å². The van der Waals surface area contributed by atoms with E-state index >= 15 is 0 Å². The summed E-state index contributed by atoms with van der Waals surface area (Å²) in [5.41, 5.74) is 0.408. The monoisotopic (exact) mass is 329 g/mol. The highest BCUT2D eigenvalue weighted by molar-refractivity contribution is 9.10. The van der Waals surface area contributed by atoms with E-state index in [0.29, 0.717) is 11.3 Å². The molecule has 0 bridgehead atoms. The molecular weight excluding hydrogens is 314 g/mol. The number of nitrogens with zero attached hydrogens (tertiary/aromatic N) is 1. The van der Waals surface area contributed by atoms with Crippen molar-refractivity contribution in [2.75, 3.05) is 20.7 Å². The zero-order valence-corrected chi connectivity index (χ0v) is 12.6. The summed E-state index contributed by atoms with van der Waals surface area (Å²) in [6.07, 6.45) is 0. The fourth-order valence-electron chi connectivity index (χ4n) is 1.62. The third-order valence-corrected chi connectivity index (χ3v) is 3.20. The summed E-state index contributed by atoms with van der Waals surface area (Å²) in [4.78, 5) is 24.4. The van der Waals surface area contributed by atoms with Gasteiger partial charge in [0, 0.05) is 18.1 Å². The number of amides is 1. The zero-order chi connectivity index (χ0) is 14.6. The van der Waals surface area contributed by atoms with E-state index < -0.39 is 11.9 Å². The van der Waals surface area contributed by atoms with Crippen LogP contribution in [0.2, 0.25) is 0 Å². The van der Waals surface area contributed by atoms with E-state index in [-0.39, 0.29) is 12.5 Å². The largest absolute Gasteiger partial charge is 0.496 e. The minimum atomic E-state index is -0.928. The molecule has 1 amide bonds. The Bertz CT molecular complexity index is 490. The molecule has 0 radical (unpaired) electrons. The maximum atomic E-state index is 12.2. The van der Waals surface area contributed by atoms with Gasteiger partial charge in [-0.05, 0) is 18.2 Å². The maximum absolute atomic E-state index is 12.2. The van der Waals surface area contributed by atoms with Crippen molar-refractivity contribution in [2.24, 2.45) is 5.92 Å². The number of methoxy groups -OCH3 is 1. The van der Waals surface area contributed by atoms with Crippen LogP contribution in [-0.4, -0.2) is 42.6 Å². The average molecular weight is 330 g/mol. The number of carboxylic acids is 1. The van der Waals surface area contributed by atoms with Gasteiger partial charge < -0.3 is 14.7 Å². The predicted molar refractivity (Wildman–Crippen MR) is 74.5 cm³/mol. The van der Waals surface area contributed by atoms with Gasteiger partial charge in [-0.1, -0.05) is 22.9 Å². The highest BCUT2D eigenvalue weighted by Crippen LogP contribution is 2.24. The lowest BCUT2D eigenvalue weighted by Gasteiger charge is -2.20. The van der Waals surface area contributed by atoms with Crippen molar-refractivity contribution in [2.45, 2.75) is 6.92 Å². The van der Waals surface area contributed by atoms with Gasteiger partial charge in [-0.3, -0.25) is 9.59 Å². The fourth-order valence-corrected chi connectivity index (χ4v) is 1.96. The van der Waals surface area contributed by atoms with Crippen LogP contribution in [0.4, 0.5) is 0 Å². The molecular formula is C13H16BrNO4. The average Bonchev–Trinajstić information content (AvgIpc) is 2.37. The van der Waals surface area contributed by atoms with Crippen molar-refractivity contribution >= 4 is 27.8 Å². The molecule has 0 saturated carbocycles. The number of benzene rings is 1. The third-order valence-electron chi connectivity index (χ3n) is 2.71. The second kappa shape index (κ2) is 6.56. The van der Waals surface area contributed by atoms with Gasteiger partial charge in [0.25, 0.3) is 5.91 Å². The first kappa shape index (κ1) is 15.5. The summed E-state index contributed by atoms with van der Waals surface area (Å²) in [7, 11) is 3.06. The summed E-state index contributed by atoms with van der Waals surface area (Å²) in [6, 6.07) is 5.08. The van der Waals surface area contributed by atoms with Crippen LogP contribution in [-0.2, 0) is 4.79 Å². The highest BCUT2D eigenvalue weighted by Gasteiger charge is 2.21. The Labute approximate surface area is 120 Å². The number of halogens is 1. The number of hydrogen-bond donors (Lipinski definition) is 1. The summed E-state index contributed by atoms with van der Waals surface area (Å²) in [6.45, 7) is 1.71. The Morgan fingerprint density at radius 3 is 2.63 bits per heavy atom. The van der Waals surface area contributed by atoms with Crippen LogP contribution < -0.4 is 4.74 Å². The molecule has 0 aliphatic carbocycles. The lowest BCUT2D eigenvalue weighted by molar-refractivity contribution is -0.141. The molecule has 0 spiro atoms. The van der Waals surface area contributed by atoms with Crippen LogP contribution in [0.1, 0.15) is 17.3 Å². The molecule has 1 atom stereocenters. The van der Waals surface area contributed by atoms with E-state index in [4.69, 9.17) is 9.84 Å². The molecule has 0 fully saturated rings. The van der Waals surface area contributed by atoms with Gasteiger partial charge in [0.1, 0.15) is 5.75 Å². The topological polar surface area (TPSA) is 66.8 Å². The lowest BCUT2D eigenvalue weighted by Crippen LogP contribution is -2.33.